The number of nitrogen functional groups attached to an aromatic ring is 8. The third kappa shape index (κ3) is 32.1. The molecule has 0 unspecified atom stereocenters. The number of carboxylic acids is 1. The van der Waals surface area contributed by atoms with Gasteiger partial charge in [0.2, 0.25) is 0 Å². The molecule has 518 valence electrons. The van der Waals surface area contributed by atoms with Crippen molar-refractivity contribution >= 4 is 87.8 Å². The summed E-state index contributed by atoms with van der Waals surface area (Å²) >= 11 is 5.78. The number of phenolic OH excluding ortho intramolecular Hbond substituents is 2. The van der Waals surface area contributed by atoms with Crippen LogP contribution in [0.5, 0.6) is 40.2 Å². The quantitative estimate of drug-likeness (QED) is 0.0143. The molecule has 0 bridgehead atoms. The van der Waals surface area contributed by atoms with Crippen LogP contribution in [0.2, 0.25) is 0 Å². The molecule has 11 aromatic carbocycles. The Labute approximate surface area is 586 Å². The lowest BCUT2D eigenvalue weighted by Crippen LogP contribution is -2.12. The van der Waals surface area contributed by atoms with E-state index in [0.717, 1.165) is 50.1 Å². The molecule has 0 amide bonds. The minimum absolute atomic E-state index is 0.140. The van der Waals surface area contributed by atoms with Gasteiger partial charge >= 0.3 is 17.9 Å². The van der Waals surface area contributed by atoms with Gasteiger partial charge in [-0.15, -0.1) is 24.4 Å². The molecule has 0 heterocycles. The minimum Gasteiger partial charge on any atom is -0.508 e. The summed E-state index contributed by atoms with van der Waals surface area (Å²) in [7, 11) is 1.63. The molecule has 11 rings (SSSR count). The molecule has 0 atom stereocenters. The number of phenols is 3. The van der Waals surface area contributed by atoms with Gasteiger partial charge in [-0.2, -0.15) is 5.90 Å². The van der Waals surface area contributed by atoms with Crippen LogP contribution in [0, 0.1) is 6.92 Å². The summed E-state index contributed by atoms with van der Waals surface area (Å²) in [6.07, 6.45) is 2.04. The normalized spacial score (nSPS) is 9.48. The second-order valence-corrected chi connectivity index (χ2v) is 21.4. The second-order valence-electron chi connectivity index (χ2n) is 20.0. The van der Waals surface area contributed by atoms with E-state index < -0.39 is 11.9 Å². The summed E-state index contributed by atoms with van der Waals surface area (Å²) in [5, 5.41) is 35.2. The van der Waals surface area contributed by atoms with Gasteiger partial charge in [0.15, 0.2) is 5.75 Å². The third-order valence-electron chi connectivity index (χ3n) is 12.5. The molecule has 0 spiro atoms. The van der Waals surface area contributed by atoms with Crippen LogP contribution >= 0.6 is 24.4 Å². The van der Waals surface area contributed by atoms with E-state index >= 15 is 0 Å². The first kappa shape index (κ1) is 80.9. The highest BCUT2D eigenvalue weighted by atomic mass is 32.2. The molecule has 21 nitrogen and oxygen atoms in total. The average molecular weight is 1380 g/mol. The van der Waals surface area contributed by atoms with E-state index in [1.807, 2.05) is 128 Å². The van der Waals surface area contributed by atoms with Gasteiger partial charge in [0.1, 0.15) is 45.6 Å². The number of carbonyl (C=O) groups is 3. The smallest absolute Gasteiger partial charge is 0.347 e. The maximum atomic E-state index is 11.8. The molecule has 22 N–H and O–H groups in total. The molecule has 0 aromatic heterocycles. The Morgan fingerprint density at radius 1 is 0.455 bits per heavy atom. The fourth-order valence-electron chi connectivity index (χ4n) is 7.62. The molecule has 11 aromatic rings. The highest BCUT2D eigenvalue weighted by Crippen LogP contribution is 2.29. The number of esters is 2. The van der Waals surface area contributed by atoms with Crippen molar-refractivity contribution in [2.75, 3.05) is 72.4 Å². The van der Waals surface area contributed by atoms with E-state index in [4.69, 9.17) is 91.1 Å². The molecule has 0 fully saturated rings. The number of anilines is 8. The predicted molar refractivity (Wildman–Crippen MR) is 404 cm³/mol. The highest BCUT2D eigenvalue weighted by molar-refractivity contribution is 7.98. The summed E-state index contributed by atoms with van der Waals surface area (Å²) in [4.78, 5) is 40.0. The first-order valence-electron chi connectivity index (χ1n) is 30.0. The highest BCUT2D eigenvalue weighted by Gasteiger charge is 2.14. The number of hydrogen-bond acceptors (Lipinski definition) is 22. The molecule has 0 saturated heterocycles. The molecular weight excluding hydrogens is 1300 g/mol. The van der Waals surface area contributed by atoms with E-state index in [2.05, 4.69) is 29.6 Å². The SMILES string of the molecule is CCOC(=O)c1cccc(N)c1.CCOc1cccc(N)c1.COc1cc(-c2ccccc2)ccc1N.CSc1cccc(N)c1.Cc1c(N)cccc1O.NOc1ccccc1C(=O)Oc1ccccc1.Nc1ccc(C(=O)O)c(O)c1.Nc1cccc(O)c1.Nc1cccc(S)c1. The largest absolute Gasteiger partial charge is 0.508 e. The van der Waals surface area contributed by atoms with Crippen LogP contribution in [0.3, 0.4) is 0 Å². The number of thiol groups is 1. The van der Waals surface area contributed by atoms with Crippen molar-refractivity contribution in [2.24, 2.45) is 5.90 Å². The Kier molecular flexibility index (Phi) is 36.9. The van der Waals surface area contributed by atoms with Gasteiger partial charge in [-0.25, -0.2) is 14.4 Å². The molecule has 23 heteroatoms. The Hall–Kier alpha value is -12.3. The van der Waals surface area contributed by atoms with Crippen molar-refractivity contribution in [3.63, 3.8) is 0 Å². The maximum absolute atomic E-state index is 11.8. The van der Waals surface area contributed by atoms with Gasteiger partial charge < -0.3 is 90.1 Å². The maximum Gasteiger partial charge on any atom is 0.347 e. The average Bonchev–Trinajstić information content (AvgIpc) is 0.869. The lowest BCUT2D eigenvalue weighted by Gasteiger charge is -2.07. The monoisotopic (exact) mass is 1380 g/mol. The van der Waals surface area contributed by atoms with E-state index in [-0.39, 0.29) is 34.5 Å². The molecule has 0 aliphatic rings. The van der Waals surface area contributed by atoms with Gasteiger partial charge in [0.05, 0.1) is 31.6 Å². The van der Waals surface area contributed by atoms with Gasteiger partial charge in [0.25, 0.3) is 0 Å². The van der Waals surface area contributed by atoms with Crippen LogP contribution in [0.1, 0.15) is 50.5 Å². The van der Waals surface area contributed by atoms with Crippen molar-refractivity contribution in [1.82, 2.24) is 0 Å². The number of thioether (sulfide) groups is 1. The number of benzene rings is 11. The molecule has 0 aliphatic carbocycles. The Morgan fingerprint density at radius 2 is 1.00 bits per heavy atom. The van der Waals surface area contributed by atoms with Crippen LogP contribution in [0.25, 0.3) is 11.1 Å². The number of aromatic carboxylic acids is 1. The summed E-state index contributed by atoms with van der Waals surface area (Å²) in [6.45, 7) is 6.56. The van der Waals surface area contributed by atoms with Gasteiger partial charge in [0, 0.05) is 73.4 Å². The van der Waals surface area contributed by atoms with Crippen molar-refractivity contribution < 1.29 is 58.6 Å². The first-order valence-corrected chi connectivity index (χ1v) is 31.7. The summed E-state index contributed by atoms with van der Waals surface area (Å²) in [6, 6.07) is 76.2. The Bertz CT molecular complexity index is 4120. The fraction of sp³-hybridized carbons (Fsp3) is 0.0921. The van der Waals surface area contributed by atoms with Gasteiger partial charge in [-0.05, 0) is 178 Å². The van der Waals surface area contributed by atoms with Gasteiger partial charge in [-0.3, -0.25) is 0 Å². The lowest BCUT2D eigenvalue weighted by molar-refractivity contribution is 0.0525. The number of hydrogen-bond donors (Lipinski definition) is 14. The number of carbonyl (C=O) groups excluding carboxylic acids is 2. The number of nitrogens with two attached hydrogens (primary N) is 9. The van der Waals surface area contributed by atoms with Crippen molar-refractivity contribution in [3.05, 3.63) is 283 Å². The Morgan fingerprint density at radius 3 is 1.49 bits per heavy atom. The summed E-state index contributed by atoms with van der Waals surface area (Å²) in [5.41, 5.74) is 52.5. The van der Waals surface area contributed by atoms with E-state index in [1.54, 1.807) is 142 Å². The summed E-state index contributed by atoms with van der Waals surface area (Å²) < 4.78 is 20.3. The van der Waals surface area contributed by atoms with Crippen LogP contribution in [-0.4, -0.2) is 64.9 Å². The number of carboxylic acid groups (broad SMARTS) is 1. The molecular formula is C76H85N9O12S2. The zero-order valence-corrected chi connectivity index (χ0v) is 57.1. The van der Waals surface area contributed by atoms with E-state index in [9.17, 15) is 14.4 Å². The van der Waals surface area contributed by atoms with Crippen LogP contribution in [0.4, 0.5) is 45.5 Å². The fourth-order valence-corrected chi connectivity index (χ4v) is 8.33. The van der Waals surface area contributed by atoms with Crippen molar-refractivity contribution in [1.29, 1.82) is 0 Å². The minimum atomic E-state index is -1.16. The number of aromatic hydroxyl groups is 3. The van der Waals surface area contributed by atoms with Crippen molar-refractivity contribution in [2.45, 2.75) is 30.6 Å². The van der Waals surface area contributed by atoms with Crippen molar-refractivity contribution in [3.8, 4) is 51.4 Å². The third-order valence-corrected chi connectivity index (χ3v) is 13.5. The van der Waals surface area contributed by atoms with Gasteiger partial charge in [-0.1, -0.05) is 103 Å². The number of para-hydroxylation sites is 2. The number of methoxy groups -OCH3 is 1. The topological polar surface area (TPSA) is 412 Å². The van der Waals surface area contributed by atoms with Crippen LogP contribution in [-0.2, 0) is 4.74 Å². The zero-order valence-electron chi connectivity index (χ0n) is 55.3. The Balaban J connectivity index is 0.000000293. The standard InChI is InChI=1S/C13H11NO3.C13H13NO.C9H11NO2.C8H11NO.C7H7NO3.C7H9NO.C7H9NS.C6H7NO.C6H7NS/c14-17-12-9-5-4-8-11(12)13(15)16-10-6-2-1-3-7-10;1-15-13-9-11(7-8-12(13)14)10-5-3-2-4-6-10;1-2-12-9(11)7-4-3-5-8(10)6-7;1-2-10-8-5-3-4-7(9)6-8;8-4-1-2-5(7(10)11)6(9)3-4;1-5-6(8)3-2-4-7(5)9;1-9-7-4-2-3-6(8)5-7;2*7-5-2-1-3-6(8)4-5/h1-9H,14H2;2-9H,14H2,1H3;3-6H,2,10H2,1H3;3-6H,2,9H2,1H3;1-3,9H,8H2,(H,10,11);2-4,9H,8H2,1H3;2-5H,8H2,1H3;2*1-4,8H,7H2. The number of ether oxygens (including phenoxy) is 4. The van der Waals surface area contributed by atoms with E-state index in [1.165, 1.54) is 29.2 Å². The molecule has 0 saturated carbocycles. The summed E-state index contributed by atoms with van der Waals surface area (Å²) in [5.74, 6) is 5.56. The molecule has 0 aliphatic heterocycles. The number of rotatable bonds is 11. The lowest BCUT2D eigenvalue weighted by atomic mass is 10.1. The molecule has 0 radical (unpaired) electrons. The predicted octanol–water partition coefficient (Wildman–Crippen LogP) is 14.7. The second kappa shape index (κ2) is 45.1. The van der Waals surface area contributed by atoms with E-state index in [0.29, 0.717) is 58.5 Å². The first-order chi connectivity index (χ1) is 47.4. The molecule has 99 heavy (non-hydrogen) atoms. The zero-order chi connectivity index (χ0) is 73.1. The van der Waals surface area contributed by atoms with Crippen LogP contribution < -0.4 is 70.8 Å². The van der Waals surface area contributed by atoms with Crippen LogP contribution in [0.15, 0.2) is 271 Å².